The van der Waals surface area contributed by atoms with Crippen LogP contribution in [0.1, 0.15) is 5.56 Å². The molecule has 2 nitrogen and oxygen atoms in total. The van der Waals surface area contributed by atoms with E-state index in [-0.39, 0.29) is 0 Å². The predicted molar refractivity (Wildman–Crippen MR) is 74.7 cm³/mol. The SMILES string of the molecule is Cc1ccc(-c2cc3cccnc3nc2Cl)cc1. The normalized spacial score (nSPS) is 10.8. The van der Waals surface area contributed by atoms with Gasteiger partial charge in [-0.15, -0.1) is 0 Å². The number of rotatable bonds is 1. The number of nitrogens with zero attached hydrogens (tertiary/aromatic N) is 2. The van der Waals surface area contributed by atoms with Crippen molar-refractivity contribution in [3.05, 3.63) is 59.4 Å². The Morgan fingerprint density at radius 1 is 1.06 bits per heavy atom. The average molecular weight is 255 g/mol. The minimum atomic E-state index is 0.491. The topological polar surface area (TPSA) is 25.8 Å². The number of fused-ring (bicyclic) bond motifs is 1. The van der Waals surface area contributed by atoms with Crippen LogP contribution in [0.15, 0.2) is 48.7 Å². The molecule has 0 saturated carbocycles. The van der Waals surface area contributed by atoms with E-state index < -0.39 is 0 Å². The van der Waals surface area contributed by atoms with E-state index >= 15 is 0 Å². The van der Waals surface area contributed by atoms with Crippen molar-refractivity contribution >= 4 is 22.6 Å². The number of pyridine rings is 2. The molecule has 3 rings (SSSR count). The first-order chi connectivity index (χ1) is 8.74. The molecule has 0 atom stereocenters. The molecule has 0 aliphatic heterocycles. The van der Waals surface area contributed by atoms with Gasteiger partial charge >= 0.3 is 0 Å². The Bertz CT molecular complexity index is 705. The Labute approximate surface area is 110 Å². The van der Waals surface area contributed by atoms with Crippen LogP contribution in [0.4, 0.5) is 0 Å². The minimum absolute atomic E-state index is 0.491. The second-order valence-corrected chi connectivity index (χ2v) is 4.60. The molecule has 0 radical (unpaired) electrons. The van der Waals surface area contributed by atoms with E-state index in [0.717, 1.165) is 16.5 Å². The van der Waals surface area contributed by atoms with Crippen LogP contribution in [0.2, 0.25) is 5.15 Å². The Morgan fingerprint density at radius 2 is 1.83 bits per heavy atom. The molecule has 0 N–H and O–H groups in total. The Kier molecular flexibility index (Phi) is 2.73. The third-order valence-corrected chi connectivity index (χ3v) is 3.19. The van der Waals surface area contributed by atoms with Gasteiger partial charge in [-0.1, -0.05) is 41.4 Å². The lowest BCUT2D eigenvalue weighted by atomic mass is 10.0. The summed E-state index contributed by atoms with van der Waals surface area (Å²) in [5, 5.41) is 1.49. The van der Waals surface area contributed by atoms with Crippen LogP contribution in [0, 0.1) is 6.92 Å². The highest BCUT2D eigenvalue weighted by Crippen LogP contribution is 2.29. The average Bonchev–Trinajstić information content (AvgIpc) is 2.39. The van der Waals surface area contributed by atoms with Crippen molar-refractivity contribution in [2.45, 2.75) is 6.92 Å². The van der Waals surface area contributed by atoms with Gasteiger partial charge in [-0.05, 0) is 30.7 Å². The Balaban J connectivity index is 2.22. The summed E-state index contributed by atoms with van der Waals surface area (Å²) in [5.41, 5.74) is 3.92. The molecule has 0 fully saturated rings. The first-order valence-corrected chi connectivity index (χ1v) is 6.10. The van der Waals surface area contributed by atoms with Gasteiger partial charge in [0.25, 0.3) is 0 Å². The number of aromatic nitrogens is 2. The van der Waals surface area contributed by atoms with Crippen molar-refractivity contribution in [1.82, 2.24) is 9.97 Å². The van der Waals surface area contributed by atoms with E-state index in [1.54, 1.807) is 6.20 Å². The molecule has 0 spiro atoms. The number of halogens is 1. The fourth-order valence-corrected chi connectivity index (χ4v) is 2.16. The monoisotopic (exact) mass is 254 g/mol. The maximum atomic E-state index is 6.23. The smallest absolute Gasteiger partial charge is 0.160 e. The molecule has 0 aliphatic carbocycles. The lowest BCUT2D eigenvalue weighted by Crippen LogP contribution is -1.88. The highest BCUT2D eigenvalue weighted by Gasteiger charge is 2.07. The second kappa shape index (κ2) is 4.39. The van der Waals surface area contributed by atoms with Gasteiger partial charge in [0.15, 0.2) is 5.65 Å². The van der Waals surface area contributed by atoms with Gasteiger partial charge in [-0.2, -0.15) is 0 Å². The van der Waals surface area contributed by atoms with Gasteiger partial charge in [0.2, 0.25) is 0 Å². The fourth-order valence-electron chi connectivity index (χ4n) is 1.92. The van der Waals surface area contributed by atoms with E-state index in [0.29, 0.717) is 10.8 Å². The summed E-state index contributed by atoms with van der Waals surface area (Å²) in [6.07, 6.45) is 1.72. The number of hydrogen-bond donors (Lipinski definition) is 0. The molecule has 0 saturated heterocycles. The molecular formula is C15H11ClN2. The quantitative estimate of drug-likeness (QED) is 0.607. The van der Waals surface area contributed by atoms with Crippen molar-refractivity contribution in [3.63, 3.8) is 0 Å². The van der Waals surface area contributed by atoms with Crippen LogP contribution < -0.4 is 0 Å². The summed E-state index contributed by atoms with van der Waals surface area (Å²) in [6, 6.07) is 14.2. The molecule has 1 aromatic carbocycles. The molecule has 3 heteroatoms. The largest absolute Gasteiger partial charge is 0.237 e. The van der Waals surface area contributed by atoms with E-state index in [9.17, 15) is 0 Å². The summed E-state index contributed by atoms with van der Waals surface area (Å²) >= 11 is 6.23. The zero-order chi connectivity index (χ0) is 12.5. The van der Waals surface area contributed by atoms with Crippen LogP contribution in [0.3, 0.4) is 0 Å². The molecule has 18 heavy (non-hydrogen) atoms. The van der Waals surface area contributed by atoms with E-state index in [1.165, 1.54) is 5.56 Å². The summed E-state index contributed by atoms with van der Waals surface area (Å²) in [6.45, 7) is 2.06. The highest BCUT2D eigenvalue weighted by molar-refractivity contribution is 6.32. The van der Waals surface area contributed by atoms with Crippen molar-refractivity contribution < 1.29 is 0 Å². The zero-order valence-corrected chi connectivity index (χ0v) is 10.6. The van der Waals surface area contributed by atoms with Crippen molar-refractivity contribution in [3.8, 4) is 11.1 Å². The molecule has 0 amide bonds. The van der Waals surface area contributed by atoms with Gasteiger partial charge in [-0.3, -0.25) is 0 Å². The first-order valence-electron chi connectivity index (χ1n) is 5.72. The zero-order valence-electron chi connectivity index (χ0n) is 9.89. The van der Waals surface area contributed by atoms with Crippen LogP contribution in [-0.4, -0.2) is 9.97 Å². The maximum absolute atomic E-state index is 6.23. The first kappa shape index (κ1) is 11.2. The van der Waals surface area contributed by atoms with Crippen molar-refractivity contribution in [2.24, 2.45) is 0 Å². The molecule has 0 bridgehead atoms. The predicted octanol–water partition coefficient (Wildman–Crippen LogP) is 4.26. The number of hydrogen-bond acceptors (Lipinski definition) is 2. The van der Waals surface area contributed by atoms with Gasteiger partial charge < -0.3 is 0 Å². The van der Waals surface area contributed by atoms with Crippen LogP contribution in [0.5, 0.6) is 0 Å². The third-order valence-electron chi connectivity index (χ3n) is 2.91. The highest BCUT2D eigenvalue weighted by atomic mass is 35.5. The van der Waals surface area contributed by atoms with Crippen LogP contribution >= 0.6 is 11.6 Å². The molecule has 0 unspecified atom stereocenters. The molecule has 2 aromatic heterocycles. The van der Waals surface area contributed by atoms with Crippen LogP contribution in [-0.2, 0) is 0 Å². The Morgan fingerprint density at radius 3 is 2.61 bits per heavy atom. The summed E-state index contributed by atoms with van der Waals surface area (Å²) in [4.78, 5) is 8.52. The van der Waals surface area contributed by atoms with E-state index in [4.69, 9.17) is 11.6 Å². The van der Waals surface area contributed by atoms with Crippen molar-refractivity contribution in [2.75, 3.05) is 0 Å². The molecule has 2 heterocycles. The molecule has 88 valence electrons. The number of benzene rings is 1. The van der Waals surface area contributed by atoms with Crippen LogP contribution in [0.25, 0.3) is 22.2 Å². The standard InChI is InChI=1S/C15H11ClN2/c1-10-4-6-11(7-5-10)13-9-12-3-2-8-17-15(12)18-14(13)16/h2-9H,1H3. The van der Waals surface area contributed by atoms with Crippen molar-refractivity contribution in [1.29, 1.82) is 0 Å². The summed E-state index contributed by atoms with van der Waals surface area (Å²) in [7, 11) is 0. The third kappa shape index (κ3) is 1.95. The van der Waals surface area contributed by atoms with Gasteiger partial charge in [0, 0.05) is 17.1 Å². The minimum Gasteiger partial charge on any atom is -0.237 e. The summed E-state index contributed by atoms with van der Waals surface area (Å²) in [5.74, 6) is 0. The summed E-state index contributed by atoms with van der Waals surface area (Å²) < 4.78 is 0. The van der Waals surface area contributed by atoms with E-state index in [2.05, 4.69) is 41.2 Å². The Hall–Kier alpha value is -1.93. The van der Waals surface area contributed by atoms with Gasteiger partial charge in [-0.25, -0.2) is 9.97 Å². The van der Waals surface area contributed by atoms with Gasteiger partial charge in [0.1, 0.15) is 5.15 Å². The lowest BCUT2D eigenvalue weighted by molar-refractivity contribution is 1.29. The van der Waals surface area contributed by atoms with Gasteiger partial charge in [0.05, 0.1) is 0 Å². The number of aryl methyl sites for hydroxylation is 1. The van der Waals surface area contributed by atoms with E-state index in [1.807, 2.05) is 18.2 Å². The molecule has 3 aromatic rings. The molecular weight excluding hydrogens is 244 g/mol. The molecule has 0 aliphatic rings. The fraction of sp³-hybridized carbons (Fsp3) is 0.0667. The second-order valence-electron chi connectivity index (χ2n) is 4.24. The lowest BCUT2D eigenvalue weighted by Gasteiger charge is -2.06. The maximum Gasteiger partial charge on any atom is 0.160 e.